The number of ketones is 1. The van der Waals surface area contributed by atoms with Crippen LogP contribution < -0.4 is 0 Å². The third kappa shape index (κ3) is 2.62. The minimum Gasteiger partial charge on any atom is -0.294 e. The van der Waals surface area contributed by atoms with Gasteiger partial charge in [-0.3, -0.25) is 4.79 Å². The van der Waals surface area contributed by atoms with E-state index in [9.17, 15) is 4.79 Å². The van der Waals surface area contributed by atoms with Gasteiger partial charge in [-0.15, -0.1) is 0 Å². The Morgan fingerprint density at radius 3 is 3.00 bits per heavy atom. The molecule has 1 aromatic heterocycles. The van der Waals surface area contributed by atoms with Crippen LogP contribution in [-0.4, -0.2) is 10.8 Å². The summed E-state index contributed by atoms with van der Waals surface area (Å²) in [5.41, 5.74) is 0.708. The summed E-state index contributed by atoms with van der Waals surface area (Å²) in [5, 5.41) is 0.398. The van der Waals surface area contributed by atoms with E-state index in [0.717, 1.165) is 19.3 Å². The van der Waals surface area contributed by atoms with Crippen LogP contribution in [0.1, 0.15) is 43.0 Å². The molecule has 0 amide bonds. The lowest BCUT2D eigenvalue weighted by Gasteiger charge is -2.25. The van der Waals surface area contributed by atoms with Gasteiger partial charge < -0.3 is 0 Å². The molecule has 2 rings (SSSR count). The van der Waals surface area contributed by atoms with Gasteiger partial charge in [0.1, 0.15) is 5.15 Å². The summed E-state index contributed by atoms with van der Waals surface area (Å²) in [6, 6.07) is 3.43. The van der Waals surface area contributed by atoms with Gasteiger partial charge >= 0.3 is 0 Å². The van der Waals surface area contributed by atoms with Crippen molar-refractivity contribution in [2.75, 3.05) is 0 Å². The van der Waals surface area contributed by atoms with Crippen LogP contribution in [0.2, 0.25) is 5.15 Å². The summed E-state index contributed by atoms with van der Waals surface area (Å²) in [6.07, 6.45) is 6.04. The quantitative estimate of drug-likeness (QED) is 0.579. The Bertz CT molecular complexity index is 391. The number of nitrogens with zero attached hydrogens (tertiary/aromatic N) is 1. The Morgan fingerprint density at radius 2 is 2.31 bits per heavy atom. The average Bonchev–Trinajstić information content (AvgIpc) is 2.28. The van der Waals surface area contributed by atoms with Gasteiger partial charge in [0, 0.05) is 17.7 Å². The predicted octanol–water partition coefficient (Wildman–Crippen LogP) is 3.74. The van der Waals surface area contributed by atoms with E-state index in [0.29, 0.717) is 16.6 Å². The molecule has 0 aromatic carbocycles. The lowest BCUT2D eigenvalue weighted by Crippen LogP contribution is -2.21. The molecule has 1 aliphatic carbocycles. The number of Topliss-reactive ketones (excluding diaryl/α,β-unsaturated/α-hetero) is 1. The monoisotopic (exact) mass is 237 g/mol. The van der Waals surface area contributed by atoms with Crippen LogP contribution >= 0.6 is 11.6 Å². The van der Waals surface area contributed by atoms with Crippen molar-refractivity contribution in [2.24, 2.45) is 11.8 Å². The van der Waals surface area contributed by atoms with Gasteiger partial charge in [0.2, 0.25) is 0 Å². The summed E-state index contributed by atoms with van der Waals surface area (Å²) >= 11 is 5.79. The van der Waals surface area contributed by atoms with Crippen molar-refractivity contribution in [1.82, 2.24) is 4.98 Å². The molecule has 1 saturated carbocycles. The van der Waals surface area contributed by atoms with Crippen molar-refractivity contribution in [3.8, 4) is 0 Å². The first kappa shape index (κ1) is 11.6. The Balaban J connectivity index is 2.12. The van der Waals surface area contributed by atoms with Crippen LogP contribution in [0.5, 0.6) is 0 Å². The largest absolute Gasteiger partial charge is 0.294 e. The van der Waals surface area contributed by atoms with Gasteiger partial charge in [-0.25, -0.2) is 4.98 Å². The maximum absolute atomic E-state index is 12.2. The lowest BCUT2D eigenvalue weighted by atomic mass is 9.79. The summed E-state index contributed by atoms with van der Waals surface area (Å²) in [6.45, 7) is 2.22. The molecule has 2 nitrogen and oxygen atoms in total. The summed E-state index contributed by atoms with van der Waals surface area (Å²) < 4.78 is 0. The van der Waals surface area contributed by atoms with Gasteiger partial charge in [0.15, 0.2) is 5.78 Å². The zero-order valence-corrected chi connectivity index (χ0v) is 10.2. The van der Waals surface area contributed by atoms with Crippen molar-refractivity contribution in [1.29, 1.82) is 0 Å². The number of hydrogen-bond acceptors (Lipinski definition) is 2. The highest BCUT2D eigenvalue weighted by Gasteiger charge is 2.25. The molecule has 0 aliphatic heterocycles. The van der Waals surface area contributed by atoms with Crippen molar-refractivity contribution in [2.45, 2.75) is 32.6 Å². The Kier molecular flexibility index (Phi) is 3.59. The summed E-state index contributed by atoms with van der Waals surface area (Å²) in [7, 11) is 0. The van der Waals surface area contributed by atoms with Crippen molar-refractivity contribution >= 4 is 17.4 Å². The van der Waals surface area contributed by atoms with Gasteiger partial charge in [0.05, 0.1) is 0 Å². The number of carbonyl (C=O) groups excluding carboxylic acids is 1. The van der Waals surface area contributed by atoms with Crippen molar-refractivity contribution in [3.63, 3.8) is 0 Å². The van der Waals surface area contributed by atoms with E-state index < -0.39 is 0 Å². The van der Waals surface area contributed by atoms with Crippen LogP contribution in [0.3, 0.4) is 0 Å². The third-order valence-electron chi connectivity index (χ3n) is 3.32. The molecule has 0 bridgehead atoms. The van der Waals surface area contributed by atoms with E-state index >= 15 is 0 Å². The molecular formula is C13H16ClNO. The van der Waals surface area contributed by atoms with Crippen LogP contribution in [0.15, 0.2) is 18.3 Å². The van der Waals surface area contributed by atoms with E-state index in [1.807, 2.05) is 0 Å². The van der Waals surface area contributed by atoms with Gasteiger partial charge in [-0.05, 0) is 30.9 Å². The molecule has 1 fully saturated rings. The molecule has 16 heavy (non-hydrogen) atoms. The number of hydrogen-bond donors (Lipinski definition) is 0. The number of pyridine rings is 1. The SMILES string of the molecule is CC1CCCC(C(=O)c2ccnc(Cl)c2)C1. The van der Waals surface area contributed by atoms with E-state index in [4.69, 9.17) is 11.6 Å². The first-order valence-corrected chi connectivity index (χ1v) is 6.20. The second kappa shape index (κ2) is 4.96. The highest BCUT2D eigenvalue weighted by atomic mass is 35.5. The van der Waals surface area contributed by atoms with E-state index in [1.54, 1.807) is 18.3 Å². The first-order chi connectivity index (χ1) is 7.66. The fourth-order valence-electron chi connectivity index (χ4n) is 2.46. The van der Waals surface area contributed by atoms with Gasteiger partial charge in [-0.2, -0.15) is 0 Å². The smallest absolute Gasteiger partial charge is 0.166 e. The predicted molar refractivity (Wildman–Crippen MR) is 64.7 cm³/mol. The molecule has 3 heteroatoms. The highest BCUT2D eigenvalue weighted by Crippen LogP contribution is 2.31. The molecule has 1 heterocycles. The minimum absolute atomic E-state index is 0.183. The molecular weight excluding hydrogens is 222 g/mol. The van der Waals surface area contributed by atoms with Crippen molar-refractivity contribution < 1.29 is 4.79 Å². The Labute approximate surface area is 101 Å². The molecule has 1 aromatic rings. The number of halogens is 1. The molecule has 0 N–H and O–H groups in total. The molecule has 2 unspecified atom stereocenters. The number of carbonyl (C=O) groups is 1. The molecule has 2 atom stereocenters. The minimum atomic E-state index is 0.183. The Hall–Kier alpha value is -0.890. The first-order valence-electron chi connectivity index (χ1n) is 5.82. The normalized spacial score (nSPS) is 25.4. The third-order valence-corrected chi connectivity index (χ3v) is 3.52. The van der Waals surface area contributed by atoms with Crippen molar-refractivity contribution in [3.05, 3.63) is 29.0 Å². The van der Waals surface area contributed by atoms with Crippen LogP contribution in [-0.2, 0) is 0 Å². The second-order valence-corrected chi connectivity index (χ2v) is 5.09. The van der Waals surface area contributed by atoms with Crippen LogP contribution in [0.4, 0.5) is 0 Å². The number of aromatic nitrogens is 1. The van der Waals surface area contributed by atoms with E-state index in [-0.39, 0.29) is 11.7 Å². The molecule has 0 spiro atoms. The topological polar surface area (TPSA) is 30.0 Å². The maximum Gasteiger partial charge on any atom is 0.166 e. The lowest BCUT2D eigenvalue weighted by molar-refractivity contribution is 0.0868. The van der Waals surface area contributed by atoms with Gasteiger partial charge in [-0.1, -0.05) is 31.4 Å². The highest BCUT2D eigenvalue weighted by molar-refractivity contribution is 6.29. The second-order valence-electron chi connectivity index (χ2n) is 4.70. The van der Waals surface area contributed by atoms with Crippen LogP contribution in [0, 0.1) is 11.8 Å². The maximum atomic E-state index is 12.2. The zero-order chi connectivity index (χ0) is 11.5. The van der Waals surface area contributed by atoms with E-state index in [1.165, 1.54) is 6.42 Å². The van der Waals surface area contributed by atoms with Gasteiger partial charge in [0.25, 0.3) is 0 Å². The molecule has 0 saturated heterocycles. The molecule has 0 radical (unpaired) electrons. The average molecular weight is 238 g/mol. The fraction of sp³-hybridized carbons (Fsp3) is 0.538. The number of rotatable bonds is 2. The summed E-state index contributed by atoms with van der Waals surface area (Å²) in [5.74, 6) is 1.08. The zero-order valence-electron chi connectivity index (χ0n) is 9.45. The fourth-order valence-corrected chi connectivity index (χ4v) is 2.64. The van der Waals surface area contributed by atoms with E-state index in [2.05, 4.69) is 11.9 Å². The molecule has 86 valence electrons. The standard InChI is InChI=1S/C13H16ClNO/c1-9-3-2-4-10(7-9)13(16)11-5-6-15-12(14)8-11/h5-6,8-10H,2-4,7H2,1H3. The molecule has 1 aliphatic rings. The summed E-state index contributed by atoms with van der Waals surface area (Å²) in [4.78, 5) is 16.1. The van der Waals surface area contributed by atoms with Crippen LogP contribution in [0.25, 0.3) is 0 Å². The Morgan fingerprint density at radius 1 is 1.50 bits per heavy atom.